The SMILES string of the molecule is Cc1ccc(C2=CCN(/C(=N\C(=O)OC(C)(C)C)NC(=O)OC(C)(C)C)CC2)o1. The molecule has 8 nitrogen and oxygen atoms in total. The summed E-state index contributed by atoms with van der Waals surface area (Å²) in [5, 5.41) is 2.58. The van der Waals surface area contributed by atoms with Crippen molar-refractivity contribution in [1.29, 1.82) is 0 Å². The molecular formula is C21H31N3O5. The van der Waals surface area contributed by atoms with Crippen LogP contribution in [0, 0.1) is 6.92 Å². The quantitative estimate of drug-likeness (QED) is 0.546. The number of furan rings is 1. The number of aliphatic imine (C=N–C) groups is 1. The molecule has 8 heteroatoms. The average Bonchev–Trinajstić information content (AvgIpc) is 2.97. The molecule has 0 radical (unpaired) electrons. The molecule has 160 valence electrons. The first-order valence-corrected chi connectivity index (χ1v) is 9.65. The highest BCUT2D eigenvalue weighted by atomic mass is 16.6. The largest absolute Gasteiger partial charge is 0.462 e. The van der Waals surface area contributed by atoms with Gasteiger partial charge in [-0.05, 0) is 72.6 Å². The van der Waals surface area contributed by atoms with Crippen LogP contribution < -0.4 is 5.32 Å². The van der Waals surface area contributed by atoms with Crippen molar-refractivity contribution in [3.05, 3.63) is 29.7 Å². The van der Waals surface area contributed by atoms with Crippen LogP contribution in [0.25, 0.3) is 5.57 Å². The van der Waals surface area contributed by atoms with Gasteiger partial charge in [0, 0.05) is 13.1 Å². The van der Waals surface area contributed by atoms with Crippen molar-refractivity contribution in [3.63, 3.8) is 0 Å². The number of hydrogen-bond acceptors (Lipinski definition) is 5. The van der Waals surface area contributed by atoms with E-state index in [9.17, 15) is 9.59 Å². The third-order valence-corrected chi connectivity index (χ3v) is 3.77. The van der Waals surface area contributed by atoms with E-state index in [4.69, 9.17) is 13.9 Å². The van der Waals surface area contributed by atoms with Gasteiger partial charge in [-0.25, -0.2) is 9.59 Å². The fourth-order valence-electron chi connectivity index (χ4n) is 2.64. The number of nitrogens with zero attached hydrogens (tertiary/aromatic N) is 2. The molecule has 2 heterocycles. The van der Waals surface area contributed by atoms with Crippen molar-refractivity contribution >= 4 is 23.7 Å². The van der Waals surface area contributed by atoms with E-state index >= 15 is 0 Å². The van der Waals surface area contributed by atoms with Crippen LogP contribution in [0.4, 0.5) is 9.59 Å². The maximum Gasteiger partial charge on any atom is 0.437 e. The first kappa shape index (κ1) is 22.5. The summed E-state index contributed by atoms with van der Waals surface area (Å²) in [5.74, 6) is 1.77. The number of carbonyl (C=O) groups is 2. The number of ether oxygens (including phenoxy) is 2. The van der Waals surface area contributed by atoms with Crippen molar-refractivity contribution in [2.45, 2.75) is 66.1 Å². The van der Waals surface area contributed by atoms with Crippen LogP contribution in [0.15, 0.2) is 27.6 Å². The Hall–Kier alpha value is -2.77. The Kier molecular flexibility index (Phi) is 6.77. The first-order valence-electron chi connectivity index (χ1n) is 9.65. The summed E-state index contributed by atoms with van der Waals surface area (Å²) >= 11 is 0. The highest BCUT2D eigenvalue weighted by molar-refractivity contribution is 5.99. The van der Waals surface area contributed by atoms with Crippen molar-refractivity contribution in [2.75, 3.05) is 13.1 Å². The minimum Gasteiger partial charge on any atom is -0.462 e. The predicted octanol–water partition coefficient (Wildman–Crippen LogP) is 4.49. The van der Waals surface area contributed by atoms with Crippen LogP contribution in [0.2, 0.25) is 0 Å². The molecule has 1 aliphatic heterocycles. The smallest absolute Gasteiger partial charge is 0.437 e. The molecule has 1 N–H and O–H groups in total. The Balaban J connectivity index is 2.17. The maximum atomic E-state index is 12.2. The Morgan fingerprint density at radius 1 is 1.10 bits per heavy atom. The molecule has 0 spiro atoms. The third kappa shape index (κ3) is 7.63. The van der Waals surface area contributed by atoms with Gasteiger partial charge in [-0.15, -0.1) is 4.99 Å². The zero-order chi connectivity index (χ0) is 21.8. The number of nitrogens with one attached hydrogen (secondary N) is 1. The highest BCUT2D eigenvalue weighted by Crippen LogP contribution is 2.24. The van der Waals surface area contributed by atoms with Gasteiger partial charge in [-0.3, -0.25) is 5.32 Å². The summed E-state index contributed by atoms with van der Waals surface area (Å²) in [4.78, 5) is 30.2. The maximum absolute atomic E-state index is 12.2. The van der Waals surface area contributed by atoms with E-state index < -0.39 is 23.4 Å². The molecule has 2 rings (SSSR count). The van der Waals surface area contributed by atoms with Crippen LogP contribution >= 0.6 is 0 Å². The average molecular weight is 405 g/mol. The topological polar surface area (TPSA) is 93.4 Å². The van der Waals surface area contributed by atoms with Gasteiger partial charge in [0.25, 0.3) is 0 Å². The molecule has 2 amide bonds. The lowest BCUT2D eigenvalue weighted by molar-refractivity contribution is 0.0555. The van der Waals surface area contributed by atoms with E-state index in [-0.39, 0.29) is 5.96 Å². The lowest BCUT2D eigenvalue weighted by atomic mass is 10.1. The number of aryl methyl sites for hydroxylation is 1. The van der Waals surface area contributed by atoms with Crippen LogP contribution in [0.1, 0.15) is 59.5 Å². The molecule has 0 bridgehead atoms. The van der Waals surface area contributed by atoms with E-state index in [2.05, 4.69) is 10.3 Å². The Morgan fingerprint density at radius 2 is 1.76 bits per heavy atom. The predicted molar refractivity (Wildman–Crippen MR) is 111 cm³/mol. The van der Waals surface area contributed by atoms with Crippen LogP contribution in [-0.2, 0) is 9.47 Å². The van der Waals surface area contributed by atoms with Gasteiger partial charge in [0.05, 0.1) is 0 Å². The second-order valence-electron chi connectivity index (χ2n) is 8.88. The normalized spacial score (nSPS) is 15.6. The number of hydrogen-bond donors (Lipinski definition) is 1. The Morgan fingerprint density at radius 3 is 2.24 bits per heavy atom. The molecule has 0 atom stereocenters. The molecule has 0 saturated heterocycles. The molecule has 0 aliphatic carbocycles. The van der Waals surface area contributed by atoms with E-state index in [0.717, 1.165) is 17.1 Å². The standard InChI is InChI=1S/C21H31N3O5/c1-14-8-9-16(27-14)15-10-12-24(13-11-15)17(22-18(25)28-20(2,3)4)23-19(26)29-21(5,6)7/h8-10H,11-13H2,1-7H3,(H,22,23,25,26). The second-order valence-corrected chi connectivity index (χ2v) is 8.88. The summed E-state index contributed by atoms with van der Waals surface area (Å²) in [5.41, 5.74) is -0.292. The Labute approximate surface area is 171 Å². The van der Waals surface area contributed by atoms with Gasteiger partial charge in [0.2, 0.25) is 5.96 Å². The fraction of sp³-hybridized carbons (Fsp3) is 0.571. The van der Waals surface area contributed by atoms with Gasteiger partial charge in [0.15, 0.2) is 0 Å². The summed E-state index contributed by atoms with van der Waals surface area (Å²) in [6, 6.07) is 3.85. The van der Waals surface area contributed by atoms with Crippen molar-refractivity contribution < 1.29 is 23.5 Å². The highest BCUT2D eigenvalue weighted by Gasteiger charge is 2.25. The molecule has 0 saturated carbocycles. The number of carbonyl (C=O) groups excluding carboxylic acids is 2. The molecular weight excluding hydrogens is 374 g/mol. The summed E-state index contributed by atoms with van der Waals surface area (Å²) in [6.45, 7) is 13.4. The lowest BCUT2D eigenvalue weighted by Gasteiger charge is -2.29. The van der Waals surface area contributed by atoms with E-state index in [1.165, 1.54) is 0 Å². The van der Waals surface area contributed by atoms with Gasteiger partial charge in [-0.1, -0.05) is 6.08 Å². The van der Waals surface area contributed by atoms with Crippen molar-refractivity contribution in [2.24, 2.45) is 4.99 Å². The number of rotatable bonds is 1. The number of alkyl carbamates (subject to hydrolysis) is 1. The van der Waals surface area contributed by atoms with Gasteiger partial charge in [-0.2, -0.15) is 0 Å². The van der Waals surface area contributed by atoms with Crippen molar-refractivity contribution in [3.8, 4) is 0 Å². The molecule has 1 aliphatic rings. The van der Waals surface area contributed by atoms with Crippen LogP contribution in [0.5, 0.6) is 0 Å². The molecule has 0 unspecified atom stereocenters. The van der Waals surface area contributed by atoms with Crippen LogP contribution in [0.3, 0.4) is 0 Å². The lowest BCUT2D eigenvalue weighted by Crippen LogP contribution is -2.48. The fourth-order valence-corrected chi connectivity index (χ4v) is 2.64. The van der Waals surface area contributed by atoms with Gasteiger partial charge in [0.1, 0.15) is 22.7 Å². The minimum absolute atomic E-state index is 0.0967. The van der Waals surface area contributed by atoms with Gasteiger partial charge >= 0.3 is 12.2 Å². The molecule has 1 aromatic heterocycles. The van der Waals surface area contributed by atoms with E-state index in [1.54, 1.807) is 46.4 Å². The summed E-state index contributed by atoms with van der Waals surface area (Å²) < 4.78 is 16.2. The second kappa shape index (κ2) is 8.71. The zero-order valence-electron chi connectivity index (χ0n) is 18.3. The summed E-state index contributed by atoms with van der Waals surface area (Å²) in [6.07, 6.45) is 1.20. The Bertz CT molecular complexity index is 809. The van der Waals surface area contributed by atoms with Crippen LogP contribution in [-0.4, -0.2) is 47.3 Å². The molecule has 1 aromatic rings. The molecule has 0 aromatic carbocycles. The number of amides is 2. The molecule has 0 fully saturated rings. The third-order valence-electron chi connectivity index (χ3n) is 3.77. The summed E-state index contributed by atoms with van der Waals surface area (Å²) in [7, 11) is 0. The first-order chi connectivity index (χ1) is 13.3. The molecule has 29 heavy (non-hydrogen) atoms. The zero-order valence-corrected chi connectivity index (χ0v) is 18.3. The van der Waals surface area contributed by atoms with Gasteiger partial charge < -0.3 is 18.8 Å². The van der Waals surface area contributed by atoms with E-state index in [0.29, 0.717) is 19.5 Å². The van der Waals surface area contributed by atoms with E-state index in [1.807, 2.05) is 25.1 Å². The minimum atomic E-state index is -0.778. The van der Waals surface area contributed by atoms with Crippen molar-refractivity contribution in [1.82, 2.24) is 10.2 Å². The number of guanidine groups is 1. The monoisotopic (exact) mass is 405 g/mol.